The number of hydrogen-bond acceptors (Lipinski definition) is 4. The van der Waals surface area contributed by atoms with E-state index in [0.29, 0.717) is 11.4 Å². The molecule has 2 atom stereocenters. The predicted molar refractivity (Wildman–Crippen MR) is 87.7 cm³/mol. The average molecular weight is 345 g/mol. The van der Waals surface area contributed by atoms with Crippen molar-refractivity contribution in [3.63, 3.8) is 0 Å². The summed E-state index contributed by atoms with van der Waals surface area (Å²) >= 11 is 5.84. The van der Waals surface area contributed by atoms with Gasteiger partial charge in [0, 0.05) is 11.1 Å². The first-order valence-electron chi connectivity index (χ1n) is 7.19. The van der Waals surface area contributed by atoms with E-state index in [1.54, 1.807) is 19.1 Å². The maximum atomic E-state index is 12.0. The number of carbonyl (C=O) groups is 1. The van der Waals surface area contributed by atoms with Crippen molar-refractivity contribution in [3.05, 3.63) is 34.9 Å². The maximum Gasteiger partial charge on any atom is 0.234 e. The topological polar surface area (TPSA) is 75.3 Å². The van der Waals surface area contributed by atoms with Gasteiger partial charge in [-0.15, -0.1) is 0 Å². The van der Waals surface area contributed by atoms with Crippen molar-refractivity contribution in [1.82, 2.24) is 10.6 Å². The summed E-state index contributed by atoms with van der Waals surface area (Å²) in [6, 6.07) is 7.42. The van der Waals surface area contributed by atoms with E-state index >= 15 is 0 Å². The molecule has 7 heteroatoms. The van der Waals surface area contributed by atoms with E-state index in [-0.39, 0.29) is 30.0 Å². The predicted octanol–water partition coefficient (Wildman–Crippen LogP) is 1.68. The molecule has 0 spiro atoms. The molecule has 1 aromatic carbocycles. The van der Waals surface area contributed by atoms with Crippen LogP contribution >= 0.6 is 11.6 Å². The standard InChI is InChI=1S/C15H21ClN2O3S/c1-11(12-3-5-13(16)6-4-12)17-9-14(19)18-15(2)7-8-22(20,21)10-15/h3-6,11,17H,7-10H2,1-2H3,(H,18,19)/t11-,15+/m1/s1. The van der Waals surface area contributed by atoms with Gasteiger partial charge in [0.1, 0.15) is 0 Å². The molecule has 1 amide bonds. The number of rotatable bonds is 5. The van der Waals surface area contributed by atoms with E-state index in [9.17, 15) is 13.2 Å². The summed E-state index contributed by atoms with van der Waals surface area (Å²) in [6.45, 7) is 3.87. The van der Waals surface area contributed by atoms with Crippen LogP contribution in [0.1, 0.15) is 31.9 Å². The van der Waals surface area contributed by atoms with Crippen LogP contribution in [0.4, 0.5) is 0 Å². The minimum absolute atomic E-state index is 0.00290. The maximum absolute atomic E-state index is 12.0. The molecule has 0 saturated carbocycles. The summed E-state index contributed by atoms with van der Waals surface area (Å²) in [5.41, 5.74) is 0.382. The van der Waals surface area contributed by atoms with Gasteiger partial charge in [-0.3, -0.25) is 4.79 Å². The molecule has 5 nitrogen and oxygen atoms in total. The van der Waals surface area contributed by atoms with Gasteiger partial charge in [-0.05, 0) is 38.0 Å². The molecule has 0 radical (unpaired) electrons. The summed E-state index contributed by atoms with van der Waals surface area (Å²) in [6.07, 6.45) is 0.466. The summed E-state index contributed by atoms with van der Waals surface area (Å²) in [5.74, 6) is -0.0444. The van der Waals surface area contributed by atoms with Gasteiger partial charge in [-0.2, -0.15) is 0 Å². The highest BCUT2D eigenvalue weighted by Gasteiger charge is 2.39. The van der Waals surface area contributed by atoms with Crippen LogP contribution in [0.25, 0.3) is 0 Å². The van der Waals surface area contributed by atoms with Gasteiger partial charge in [-0.25, -0.2) is 8.42 Å². The van der Waals surface area contributed by atoms with Crippen LogP contribution in [0.2, 0.25) is 5.02 Å². The number of sulfone groups is 1. The van der Waals surface area contributed by atoms with Crippen LogP contribution in [0, 0.1) is 0 Å². The molecule has 0 unspecified atom stereocenters. The van der Waals surface area contributed by atoms with Gasteiger partial charge in [0.25, 0.3) is 0 Å². The normalized spacial score (nSPS) is 24.9. The summed E-state index contributed by atoms with van der Waals surface area (Å²) in [5, 5.41) is 6.62. The van der Waals surface area contributed by atoms with Crippen molar-refractivity contribution in [2.45, 2.75) is 31.8 Å². The first-order valence-corrected chi connectivity index (χ1v) is 9.39. The molecule has 0 aliphatic carbocycles. The number of halogens is 1. The van der Waals surface area contributed by atoms with E-state index in [1.807, 2.05) is 19.1 Å². The van der Waals surface area contributed by atoms with Crippen molar-refractivity contribution in [3.8, 4) is 0 Å². The Hall–Kier alpha value is -1.11. The van der Waals surface area contributed by atoms with Crippen molar-refractivity contribution in [2.24, 2.45) is 0 Å². The quantitative estimate of drug-likeness (QED) is 0.852. The Bertz CT molecular complexity index is 645. The lowest BCUT2D eigenvalue weighted by Crippen LogP contribution is -2.49. The van der Waals surface area contributed by atoms with Crippen molar-refractivity contribution in [1.29, 1.82) is 0 Å². The smallest absolute Gasteiger partial charge is 0.234 e. The van der Waals surface area contributed by atoms with Crippen LogP contribution in [-0.2, 0) is 14.6 Å². The molecule has 1 aliphatic rings. The highest BCUT2D eigenvalue weighted by molar-refractivity contribution is 7.91. The lowest BCUT2D eigenvalue weighted by Gasteiger charge is -2.24. The fourth-order valence-corrected chi connectivity index (χ4v) is 4.82. The van der Waals surface area contributed by atoms with Gasteiger partial charge < -0.3 is 10.6 Å². The van der Waals surface area contributed by atoms with Crippen molar-refractivity contribution < 1.29 is 13.2 Å². The first-order chi connectivity index (χ1) is 10.2. The Labute approximate surface area is 136 Å². The molecule has 2 N–H and O–H groups in total. The molecule has 1 heterocycles. The monoisotopic (exact) mass is 344 g/mol. The number of nitrogens with one attached hydrogen (secondary N) is 2. The second-order valence-electron chi connectivity index (χ2n) is 6.11. The second-order valence-corrected chi connectivity index (χ2v) is 8.73. The molecular weight excluding hydrogens is 324 g/mol. The fourth-order valence-electron chi connectivity index (χ4n) is 2.60. The van der Waals surface area contributed by atoms with Gasteiger partial charge in [0.15, 0.2) is 9.84 Å². The highest BCUT2D eigenvalue weighted by Crippen LogP contribution is 2.22. The van der Waals surface area contributed by atoms with E-state index in [1.165, 1.54) is 0 Å². The Kier molecular flexibility index (Phi) is 5.14. The van der Waals surface area contributed by atoms with Crippen molar-refractivity contribution >= 4 is 27.3 Å². The Morgan fingerprint density at radius 2 is 2.00 bits per heavy atom. The second kappa shape index (κ2) is 6.56. The minimum Gasteiger partial charge on any atom is -0.349 e. The molecule has 2 rings (SSSR count). The molecule has 0 aromatic heterocycles. The number of benzene rings is 1. The fraction of sp³-hybridized carbons (Fsp3) is 0.533. The van der Waals surface area contributed by atoms with Crippen LogP contribution in [0.15, 0.2) is 24.3 Å². The van der Waals surface area contributed by atoms with Gasteiger partial charge in [0.2, 0.25) is 5.91 Å². The molecule has 1 aromatic rings. The summed E-state index contributed by atoms with van der Waals surface area (Å²) < 4.78 is 23.1. The van der Waals surface area contributed by atoms with Crippen LogP contribution < -0.4 is 10.6 Å². The first kappa shape index (κ1) is 17.2. The highest BCUT2D eigenvalue weighted by atomic mass is 35.5. The lowest BCUT2D eigenvalue weighted by molar-refractivity contribution is -0.121. The molecule has 0 bridgehead atoms. The zero-order valence-corrected chi connectivity index (χ0v) is 14.3. The van der Waals surface area contributed by atoms with Crippen molar-refractivity contribution in [2.75, 3.05) is 18.1 Å². The van der Waals surface area contributed by atoms with E-state index < -0.39 is 15.4 Å². The SMILES string of the molecule is C[C@@H](NCC(=O)N[C@@]1(C)CCS(=O)(=O)C1)c1ccc(Cl)cc1. The molecule has 22 heavy (non-hydrogen) atoms. The van der Waals surface area contributed by atoms with E-state index in [4.69, 9.17) is 11.6 Å². The van der Waals surface area contributed by atoms with Gasteiger partial charge in [-0.1, -0.05) is 23.7 Å². The third kappa shape index (κ3) is 4.69. The third-order valence-corrected chi connectivity index (χ3v) is 6.04. The number of amides is 1. The van der Waals surface area contributed by atoms with Crippen LogP contribution in [0.5, 0.6) is 0 Å². The molecular formula is C15H21ClN2O3S. The Balaban J connectivity index is 1.84. The largest absolute Gasteiger partial charge is 0.349 e. The van der Waals surface area contributed by atoms with E-state index in [0.717, 1.165) is 5.56 Å². The summed E-state index contributed by atoms with van der Waals surface area (Å²) in [4.78, 5) is 12.0. The van der Waals surface area contributed by atoms with E-state index in [2.05, 4.69) is 10.6 Å². The molecule has 122 valence electrons. The zero-order chi connectivity index (χ0) is 16.4. The van der Waals surface area contributed by atoms with Crippen LogP contribution in [0.3, 0.4) is 0 Å². The molecule has 1 fully saturated rings. The Morgan fingerprint density at radius 3 is 2.55 bits per heavy atom. The minimum atomic E-state index is -3.03. The molecule has 1 aliphatic heterocycles. The molecule has 1 saturated heterocycles. The van der Waals surface area contributed by atoms with Crippen LogP contribution in [-0.4, -0.2) is 37.9 Å². The average Bonchev–Trinajstić information content (AvgIpc) is 2.70. The number of hydrogen-bond donors (Lipinski definition) is 2. The summed E-state index contributed by atoms with van der Waals surface area (Å²) in [7, 11) is -3.03. The van der Waals surface area contributed by atoms with Gasteiger partial charge in [0.05, 0.1) is 23.6 Å². The van der Waals surface area contributed by atoms with Gasteiger partial charge >= 0.3 is 0 Å². The lowest BCUT2D eigenvalue weighted by atomic mass is 10.0. The number of carbonyl (C=O) groups excluding carboxylic acids is 1. The Morgan fingerprint density at radius 1 is 1.36 bits per heavy atom. The zero-order valence-electron chi connectivity index (χ0n) is 12.7. The third-order valence-electron chi connectivity index (χ3n) is 3.88.